The molecule has 0 spiro atoms. The second-order valence-corrected chi connectivity index (χ2v) is 8.92. The topological polar surface area (TPSA) is 68.0 Å². The van der Waals surface area contributed by atoms with Crippen LogP contribution in [0.4, 0.5) is 0 Å². The van der Waals surface area contributed by atoms with Gasteiger partial charge in [-0.1, -0.05) is 6.07 Å². The summed E-state index contributed by atoms with van der Waals surface area (Å²) in [7, 11) is 0. The van der Waals surface area contributed by atoms with E-state index in [0.717, 1.165) is 35.6 Å². The molecule has 4 aliphatic carbocycles. The average molecular weight is 351 g/mol. The number of hydrogen-bond acceptors (Lipinski definition) is 3. The van der Waals surface area contributed by atoms with Gasteiger partial charge < -0.3 is 5.11 Å². The fraction of sp³-hybridized carbons (Fsp3) is 0.571. The molecule has 0 unspecified atom stereocenters. The lowest BCUT2D eigenvalue weighted by molar-refractivity contribution is -0.0638. The van der Waals surface area contributed by atoms with Crippen LogP contribution < -0.4 is 0 Å². The quantitative estimate of drug-likeness (QED) is 0.898. The Kier molecular flexibility index (Phi) is 3.49. The second-order valence-electron chi connectivity index (χ2n) is 8.92. The fourth-order valence-electron chi connectivity index (χ4n) is 6.46. The first kappa shape index (κ1) is 16.0. The van der Waals surface area contributed by atoms with Gasteiger partial charge in [-0.3, -0.25) is 4.68 Å². The molecule has 136 valence electrons. The Hall–Kier alpha value is -2.17. The highest BCUT2D eigenvalue weighted by Gasteiger charge is 2.51. The normalized spacial score (nSPS) is 32.1. The number of pyridine rings is 1. The third-order valence-corrected chi connectivity index (χ3v) is 7.05. The molecule has 5 nitrogen and oxygen atoms in total. The molecule has 2 heterocycles. The first-order valence-corrected chi connectivity index (χ1v) is 9.74. The monoisotopic (exact) mass is 351 g/mol. The van der Waals surface area contributed by atoms with E-state index in [4.69, 9.17) is 0 Å². The predicted molar refractivity (Wildman–Crippen MR) is 97.8 cm³/mol. The van der Waals surface area contributed by atoms with E-state index in [1.807, 2.05) is 12.3 Å². The first-order chi connectivity index (χ1) is 12.5. The molecule has 0 amide bonds. The molecule has 4 saturated carbocycles. The van der Waals surface area contributed by atoms with Crippen molar-refractivity contribution in [2.45, 2.75) is 52.0 Å². The third-order valence-electron chi connectivity index (χ3n) is 7.05. The molecule has 26 heavy (non-hydrogen) atoms. The predicted octanol–water partition coefficient (Wildman–Crippen LogP) is 4.17. The van der Waals surface area contributed by atoms with Crippen molar-refractivity contribution in [1.29, 1.82) is 0 Å². The summed E-state index contributed by atoms with van der Waals surface area (Å²) in [6.07, 6.45) is 11.7. The Morgan fingerprint density at radius 3 is 2.46 bits per heavy atom. The van der Waals surface area contributed by atoms with Gasteiger partial charge in [0.25, 0.3) is 0 Å². The van der Waals surface area contributed by atoms with Crippen molar-refractivity contribution in [3.8, 4) is 11.1 Å². The van der Waals surface area contributed by atoms with Gasteiger partial charge in [0.1, 0.15) is 0 Å². The summed E-state index contributed by atoms with van der Waals surface area (Å²) in [4.78, 5) is 15.6. The molecule has 0 saturated heterocycles. The van der Waals surface area contributed by atoms with Crippen molar-refractivity contribution in [2.24, 2.45) is 23.2 Å². The van der Waals surface area contributed by atoms with Crippen LogP contribution in [0.25, 0.3) is 11.1 Å². The number of nitrogens with zero attached hydrogens (tertiary/aromatic N) is 3. The highest BCUT2D eigenvalue weighted by molar-refractivity contribution is 5.94. The van der Waals surface area contributed by atoms with Crippen LogP contribution in [0.2, 0.25) is 0 Å². The van der Waals surface area contributed by atoms with E-state index >= 15 is 0 Å². The highest BCUT2D eigenvalue weighted by atomic mass is 16.4. The third kappa shape index (κ3) is 2.48. The van der Waals surface area contributed by atoms with E-state index in [0.29, 0.717) is 11.0 Å². The SMILES string of the molecule is Cc1c(-c2cccnc2C(=O)O)cnn1CC12CC3CC(CC(C3)C1)C2. The van der Waals surface area contributed by atoms with Crippen molar-refractivity contribution < 1.29 is 9.90 Å². The van der Waals surface area contributed by atoms with Gasteiger partial charge >= 0.3 is 5.97 Å². The fourth-order valence-corrected chi connectivity index (χ4v) is 6.46. The van der Waals surface area contributed by atoms with Crippen LogP contribution >= 0.6 is 0 Å². The Bertz CT molecular complexity index is 835. The van der Waals surface area contributed by atoms with Gasteiger partial charge in [-0.25, -0.2) is 9.78 Å². The maximum atomic E-state index is 11.5. The number of rotatable bonds is 4. The molecule has 4 fully saturated rings. The van der Waals surface area contributed by atoms with Crippen LogP contribution in [0.5, 0.6) is 0 Å². The average Bonchev–Trinajstić information content (AvgIpc) is 2.93. The summed E-state index contributed by atoms with van der Waals surface area (Å²) in [6, 6.07) is 3.62. The van der Waals surface area contributed by atoms with Crippen LogP contribution in [0.15, 0.2) is 24.5 Å². The molecule has 0 aromatic carbocycles. The van der Waals surface area contributed by atoms with Crippen LogP contribution in [0, 0.1) is 30.1 Å². The maximum absolute atomic E-state index is 11.5. The zero-order chi connectivity index (χ0) is 17.9. The molecule has 4 bridgehead atoms. The van der Waals surface area contributed by atoms with E-state index < -0.39 is 5.97 Å². The lowest BCUT2D eigenvalue weighted by Crippen LogP contribution is -2.48. The van der Waals surface area contributed by atoms with Gasteiger partial charge in [-0.15, -0.1) is 0 Å². The molecule has 5 heteroatoms. The summed E-state index contributed by atoms with van der Waals surface area (Å²) in [5.41, 5.74) is 3.11. The Morgan fingerprint density at radius 2 is 1.85 bits per heavy atom. The number of carboxylic acids is 1. The van der Waals surface area contributed by atoms with Crippen molar-refractivity contribution in [2.75, 3.05) is 0 Å². The summed E-state index contributed by atoms with van der Waals surface area (Å²) in [6.45, 7) is 3.03. The molecule has 2 aromatic heterocycles. The molecule has 1 N–H and O–H groups in total. The molecular weight excluding hydrogens is 326 g/mol. The minimum atomic E-state index is -0.992. The first-order valence-electron chi connectivity index (χ1n) is 9.74. The summed E-state index contributed by atoms with van der Waals surface area (Å²) < 4.78 is 2.13. The smallest absolute Gasteiger partial charge is 0.355 e. The largest absolute Gasteiger partial charge is 0.476 e. The molecule has 2 aromatic rings. The van der Waals surface area contributed by atoms with E-state index in [1.54, 1.807) is 6.07 Å². The van der Waals surface area contributed by atoms with Gasteiger partial charge in [0, 0.05) is 29.6 Å². The number of hydrogen-bond donors (Lipinski definition) is 1. The minimum absolute atomic E-state index is 0.102. The molecule has 0 atom stereocenters. The summed E-state index contributed by atoms with van der Waals surface area (Å²) >= 11 is 0. The molecule has 6 rings (SSSR count). The molecule has 4 aliphatic rings. The maximum Gasteiger partial charge on any atom is 0.355 e. The Labute approximate surface area is 153 Å². The molecule has 0 aliphatic heterocycles. The van der Waals surface area contributed by atoms with E-state index in [-0.39, 0.29) is 5.69 Å². The Balaban J connectivity index is 1.47. The van der Waals surface area contributed by atoms with E-state index in [1.165, 1.54) is 44.7 Å². The standard InChI is InChI=1S/C21H25N3O2/c1-13-18(17-3-2-4-22-19(17)20(25)26)11-23-24(13)12-21-8-14-5-15(9-21)7-16(6-14)10-21/h2-4,11,14-16H,5-10,12H2,1H3,(H,25,26). The lowest BCUT2D eigenvalue weighted by atomic mass is 9.49. The number of aromatic carboxylic acids is 1. The van der Waals surface area contributed by atoms with Crippen molar-refractivity contribution in [3.05, 3.63) is 35.9 Å². The van der Waals surface area contributed by atoms with Gasteiger partial charge in [0.15, 0.2) is 5.69 Å². The summed E-state index contributed by atoms with van der Waals surface area (Å²) in [5, 5.41) is 14.1. The van der Waals surface area contributed by atoms with Crippen molar-refractivity contribution >= 4 is 5.97 Å². The Morgan fingerprint density at radius 1 is 1.19 bits per heavy atom. The second kappa shape index (κ2) is 5.66. The zero-order valence-corrected chi connectivity index (χ0v) is 15.2. The van der Waals surface area contributed by atoms with Gasteiger partial charge in [0.2, 0.25) is 0 Å². The van der Waals surface area contributed by atoms with Gasteiger partial charge in [0.05, 0.1) is 6.20 Å². The lowest BCUT2D eigenvalue weighted by Gasteiger charge is -2.56. The zero-order valence-electron chi connectivity index (χ0n) is 15.2. The van der Waals surface area contributed by atoms with Crippen molar-refractivity contribution in [3.63, 3.8) is 0 Å². The van der Waals surface area contributed by atoms with Crippen LogP contribution in [0.3, 0.4) is 0 Å². The summed E-state index contributed by atoms with van der Waals surface area (Å²) in [5.74, 6) is 1.78. The number of carboxylic acid groups (broad SMARTS) is 1. The molecule has 0 radical (unpaired) electrons. The van der Waals surface area contributed by atoms with Crippen LogP contribution in [0.1, 0.15) is 54.7 Å². The minimum Gasteiger partial charge on any atom is -0.476 e. The number of carbonyl (C=O) groups is 1. The van der Waals surface area contributed by atoms with Gasteiger partial charge in [-0.05, 0) is 74.7 Å². The van der Waals surface area contributed by atoms with E-state index in [2.05, 4.69) is 21.7 Å². The van der Waals surface area contributed by atoms with Crippen LogP contribution in [-0.2, 0) is 6.54 Å². The van der Waals surface area contributed by atoms with Crippen LogP contribution in [-0.4, -0.2) is 25.8 Å². The van der Waals surface area contributed by atoms with E-state index in [9.17, 15) is 9.90 Å². The van der Waals surface area contributed by atoms with Gasteiger partial charge in [-0.2, -0.15) is 5.10 Å². The highest BCUT2D eigenvalue weighted by Crippen LogP contribution is 2.60. The van der Waals surface area contributed by atoms with Crippen molar-refractivity contribution in [1.82, 2.24) is 14.8 Å². The number of aromatic nitrogens is 3. The molecular formula is C21H25N3O2.